The third-order valence-corrected chi connectivity index (χ3v) is 5.38. The summed E-state index contributed by atoms with van der Waals surface area (Å²) >= 11 is 0. The summed E-state index contributed by atoms with van der Waals surface area (Å²) in [6.45, 7) is 4.55. The van der Waals surface area contributed by atoms with Crippen molar-refractivity contribution < 1.29 is 0 Å². The van der Waals surface area contributed by atoms with Crippen LogP contribution < -0.4 is 4.90 Å². The van der Waals surface area contributed by atoms with Gasteiger partial charge in [-0.05, 0) is 51.9 Å². The van der Waals surface area contributed by atoms with Crippen LogP contribution in [0.3, 0.4) is 0 Å². The molecule has 0 aromatic heterocycles. The Balaban J connectivity index is 1.95. The van der Waals surface area contributed by atoms with Crippen LogP contribution in [0.5, 0.6) is 0 Å². The highest BCUT2D eigenvalue weighted by molar-refractivity contribution is 6.07. The van der Waals surface area contributed by atoms with Gasteiger partial charge in [-0.1, -0.05) is 48.5 Å². The highest BCUT2D eigenvalue weighted by Gasteiger charge is 2.31. The molecule has 0 radical (unpaired) electrons. The number of hydrogen-bond donors (Lipinski definition) is 0. The molecule has 5 rings (SSSR count). The molecule has 3 aromatic rings. The van der Waals surface area contributed by atoms with Gasteiger partial charge in [0.05, 0.1) is 0 Å². The Labute approximate surface area is 131 Å². The van der Waals surface area contributed by atoms with Gasteiger partial charge in [0, 0.05) is 25.2 Å². The number of fused-ring (bicyclic) bond motifs is 8. The summed E-state index contributed by atoms with van der Waals surface area (Å²) in [7, 11) is 0. The lowest BCUT2D eigenvalue weighted by Gasteiger charge is -2.21. The van der Waals surface area contributed by atoms with Crippen molar-refractivity contribution in [3.63, 3.8) is 0 Å². The van der Waals surface area contributed by atoms with E-state index in [0.717, 1.165) is 13.0 Å². The van der Waals surface area contributed by atoms with E-state index in [1.54, 1.807) is 11.1 Å². The SMILES string of the molecule is CCN1CCc2c1c1c(c3ccccc23)-c2ccccc2C1. The molecule has 0 bridgehead atoms. The molecule has 22 heavy (non-hydrogen) atoms. The Bertz CT molecular complexity index is 907. The molecule has 1 nitrogen and oxygen atoms in total. The average Bonchev–Trinajstić information content (AvgIpc) is 3.16. The van der Waals surface area contributed by atoms with Crippen LogP contribution in [0.15, 0.2) is 48.5 Å². The Hall–Kier alpha value is -2.28. The maximum absolute atomic E-state index is 2.58. The molecule has 1 aliphatic carbocycles. The lowest BCUT2D eigenvalue weighted by Crippen LogP contribution is -2.20. The Morgan fingerprint density at radius 1 is 0.909 bits per heavy atom. The van der Waals surface area contributed by atoms with Gasteiger partial charge < -0.3 is 4.90 Å². The highest BCUT2D eigenvalue weighted by atomic mass is 15.1. The number of likely N-dealkylation sites (N-methyl/N-ethyl adjacent to an activating group) is 1. The van der Waals surface area contributed by atoms with Gasteiger partial charge >= 0.3 is 0 Å². The first-order valence-corrected chi connectivity index (χ1v) is 8.28. The van der Waals surface area contributed by atoms with E-state index in [1.807, 2.05) is 0 Å². The lowest BCUT2D eigenvalue weighted by atomic mass is 9.92. The number of nitrogens with zero attached hydrogens (tertiary/aromatic N) is 1. The number of anilines is 1. The zero-order valence-corrected chi connectivity index (χ0v) is 12.9. The van der Waals surface area contributed by atoms with Crippen LogP contribution in [-0.4, -0.2) is 13.1 Å². The molecule has 1 heteroatoms. The van der Waals surface area contributed by atoms with Crippen molar-refractivity contribution in [3.05, 3.63) is 65.2 Å². The molecular weight excluding hydrogens is 266 g/mol. The monoisotopic (exact) mass is 285 g/mol. The van der Waals surface area contributed by atoms with Crippen LogP contribution in [0.25, 0.3) is 21.9 Å². The van der Waals surface area contributed by atoms with E-state index < -0.39 is 0 Å². The number of hydrogen-bond acceptors (Lipinski definition) is 1. The van der Waals surface area contributed by atoms with Gasteiger partial charge in [-0.15, -0.1) is 0 Å². The van der Waals surface area contributed by atoms with E-state index in [2.05, 4.69) is 60.4 Å². The predicted molar refractivity (Wildman–Crippen MR) is 93.8 cm³/mol. The molecule has 0 spiro atoms. The first-order valence-electron chi connectivity index (χ1n) is 8.28. The van der Waals surface area contributed by atoms with E-state index >= 15 is 0 Å². The molecule has 0 saturated heterocycles. The molecule has 0 N–H and O–H groups in total. The molecular formula is C21H19N. The van der Waals surface area contributed by atoms with Gasteiger partial charge in [0.15, 0.2) is 0 Å². The van der Waals surface area contributed by atoms with Crippen LogP contribution in [0.4, 0.5) is 5.69 Å². The summed E-state index contributed by atoms with van der Waals surface area (Å²) in [4.78, 5) is 2.58. The van der Waals surface area contributed by atoms with Gasteiger partial charge in [0.2, 0.25) is 0 Å². The fourth-order valence-corrected chi connectivity index (χ4v) is 4.45. The average molecular weight is 285 g/mol. The molecule has 1 aliphatic heterocycles. The zero-order chi connectivity index (χ0) is 14.7. The lowest BCUT2D eigenvalue weighted by molar-refractivity contribution is 0.865. The molecule has 3 aromatic carbocycles. The van der Waals surface area contributed by atoms with E-state index in [0.29, 0.717) is 0 Å². The second kappa shape index (κ2) is 4.36. The first-order chi connectivity index (χ1) is 10.9. The minimum atomic E-state index is 1.09. The fraction of sp³-hybridized carbons (Fsp3) is 0.238. The second-order valence-electron chi connectivity index (χ2n) is 6.39. The van der Waals surface area contributed by atoms with Crippen molar-refractivity contribution in [2.45, 2.75) is 19.8 Å². The highest BCUT2D eigenvalue weighted by Crippen LogP contribution is 2.49. The van der Waals surface area contributed by atoms with Gasteiger partial charge in [-0.3, -0.25) is 0 Å². The van der Waals surface area contributed by atoms with E-state index in [1.165, 1.54) is 46.1 Å². The van der Waals surface area contributed by atoms with Gasteiger partial charge in [-0.2, -0.15) is 0 Å². The van der Waals surface area contributed by atoms with Crippen LogP contribution in [-0.2, 0) is 12.8 Å². The third-order valence-electron chi connectivity index (χ3n) is 5.38. The van der Waals surface area contributed by atoms with Gasteiger partial charge in [-0.25, -0.2) is 0 Å². The van der Waals surface area contributed by atoms with E-state index in [-0.39, 0.29) is 0 Å². The largest absolute Gasteiger partial charge is 0.371 e. The maximum atomic E-state index is 2.58. The Morgan fingerprint density at radius 3 is 2.55 bits per heavy atom. The van der Waals surface area contributed by atoms with Crippen LogP contribution >= 0.6 is 0 Å². The van der Waals surface area contributed by atoms with Crippen molar-refractivity contribution in [3.8, 4) is 11.1 Å². The molecule has 0 atom stereocenters. The summed E-state index contributed by atoms with van der Waals surface area (Å²) < 4.78 is 0. The summed E-state index contributed by atoms with van der Waals surface area (Å²) in [5.41, 5.74) is 9.09. The smallest absolute Gasteiger partial charge is 0.0448 e. The summed E-state index contributed by atoms with van der Waals surface area (Å²) in [5, 5.41) is 2.91. The molecule has 0 amide bonds. The maximum Gasteiger partial charge on any atom is 0.0448 e. The Morgan fingerprint density at radius 2 is 1.68 bits per heavy atom. The molecule has 108 valence electrons. The number of benzene rings is 3. The molecule has 1 heterocycles. The standard InChI is InChI=1S/C21H19N/c1-2-22-12-11-18-16-9-5-6-10-17(16)20-15-8-4-3-7-14(15)13-19(20)21(18)22/h3-10H,2,11-13H2,1H3. The first kappa shape index (κ1) is 12.3. The predicted octanol–water partition coefficient (Wildman–Crippen LogP) is 4.79. The van der Waals surface area contributed by atoms with Crippen molar-refractivity contribution in [1.82, 2.24) is 0 Å². The van der Waals surface area contributed by atoms with Crippen molar-refractivity contribution in [1.29, 1.82) is 0 Å². The second-order valence-corrected chi connectivity index (χ2v) is 6.39. The van der Waals surface area contributed by atoms with Gasteiger partial charge in [0.25, 0.3) is 0 Å². The molecule has 0 unspecified atom stereocenters. The normalized spacial score (nSPS) is 15.0. The number of rotatable bonds is 1. The van der Waals surface area contributed by atoms with Crippen molar-refractivity contribution in [2.75, 3.05) is 18.0 Å². The summed E-state index contributed by atoms with van der Waals surface area (Å²) in [5.74, 6) is 0. The third kappa shape index (κ3) is 1.44. The topological polar surface area (TPSA) is 3.24 Å². The minimum absolute atomic E-state index is 1.09. The van der Waals surface area contributed by atoms with Crippen LogP contribution in [0.1, 0.15) is 23.6 Å². The van der Waals surface area contributed by atoms with Crippen LogP contribution in [0, 0.1) is 0 Å². The zero-order valence-electron chi connectivity index (χ0n) is 12.9. The molecule has 2 aliphatic rings. The van der Waals surface area contributed by atoms with Crippen LogP contribution in [0.2, 0.25) is 0 Å². The minimum Gasteiger partial charge on any atom is -0.371 e. The quantitative estimate of drug-likeness (QED) is 0.486. The van der Waals surface area contributed by atoms with E-state index in [9.17, 15) is 0 Å². The summed E-state index contributed by atoms with van der Waals surface area (Å²) in [6, 6.07) is 17.9. The van der Waals surface area contributed by atoms with Crippen molar-refractivity contribution in [2.24, 2.45) is 0 Å². The van der Waals surface area contributed by atoms with Crippen molar-refractivity contribution >= 4 is 16.5 Å². The Kier molecular flexibility index (Phi) is 2.43. The summed E-state index contributed by atoms with van der Waals surface area (Å²) in [6.07, 6.45) is 2.28. The van der Waals surface area contributed by atoms with Gasteiger partial charge in [0.1, 0.15) is 0 Å². The van der Waals surface area contributed by atoms with E-state index in [4.69, 9.17) is 0 Å². The molecule has 0 saturated carbocycles. The fourth-order valence-electron chi connectivity index (χ4n) is 4.45. The molecule has 0 fully saturated rings.